The van der Waals surface area contributed by atoms with Crippen LogP contribution in [0.2, 0.25) is 5.02 Å². The molecule has 1 heterocycles. The smallest absolute Gasteiger partial charge is 0.306 e. The molecule has 1 aliphatic rings. The molecule has 0 aliphatic heterocycles. The first-order chi connectivity index (χ1) is 13.0. The minimum absolute atomic E-state index is 0.0463. The van der Waals surface area contributed by atoms with Crippen molar-refractivity contribution in [3.8, 4) is 5.69 Å². The maximum atomic E-state index is 12.6. The highest BCUT2D eigenvalue weighted by atomic mass is 35.5. The number of aryl methyl sites for hydroxylation is 1. The Morgan fingerprint density at radius 3 is 2.59 bits per heavy atom. The molecule has 0 unspecified atom stereocenters. The maximum Gasteiger partial charge on any atom is 0.306 e. The van der Waals surface area contributed by atoms with E-state index in [1.807, 2.05) is 25.1 Å². The van der Waals surface area contributed by atoms with Crippen LogP contribution in [0.1, 0.15) is 55.5 Å². The largest absolute Gasteiger partial charge is 0.481 e. The molecule has 0 atom stereocenters. The van der Waals surface area contributed by atoms with E-state index in [0.717, 1.165) is 6.42 Å². The molecule has 1 fully saturated rings. The second-order valence-corrected chi connectivity index (χ2v) is 7.23. The van der Waals surface area contributed by atoms with Gasteiger partial charge in [-0.05, 0) is 44.2 Å². The summed E-state index contributed by atoms with van der Waals surface area (Å²) in [7, 11) is 0. The van der Waals surface area contributed by atoms with E-state index in [2.05, 4.69) is 15.4 Å². The van der Waals surface area contributed by atoms with Crippen LogP contribution in [0.4, 0.5) is 0 Å². The fourth-order valence-corrected chi connectivity index (χ4v) is 3.59. The van der Waals surface area contributed by atoms with E-state index < -0.39 is 5.97 Å². The van der Waals surface area contributed by atoms with Crippen molar-refractivity contribution in [2.75, 3.05) is 0 Å². The number of hydrogen-bond donors (Lipinski definition) is 2. The third-order valence-corrected chi connectivity index (χ3v) is 5.16. The van der Waals surface area contributed by atoms with Crippen LogP contribution in [0.5, 0.6) is 0 Å². The molecule has 0 radical (unpaired) electrons. The lowest BCUT2D eigenvalue weighted by molar-refractivity contribution is -0.142. The van der Waals surface area contributed by atoms with Crippen LogP contribution >= 0.6 is 11.6 Å². The Bertz CT molecular complexity index is 828. The molecule has 27 heavy (non-hydrogen) atoms. The summed E-state index contributed by atoms with van der Waals surface area (Å²) in [5.41, 5.74) is 0.691. The van der Waals surface area contributed by atoms with Gasteiger partial charge >= 0.3 is 5.97 Å². The van der Waals surface area contributed by atoms with Crippen molar-refractivity contribution in [2.24, 2.45) is 5.92 Å². The van der Waals surface area contributed by atoms with Crippen LogP contribution in [0.3, 0.4) is 0 Å². The third kappa shape index (κ3) is 4.47. The molecular weight excluding hydrogens is 368 g/mol. The van der Waals surface area contributed by atoms with Crippen LogP contribution in [-0.2, 0) is 11.2 Å². The van der Waals surface area contributed by atoms with Crippen molar-refractivity contribution < 1.29 is 14.7 Å². The topological polar surface area (TPSA) is 97.1 Å². The van der Waals surface area contributed by atoms with Gasteiger partial charge in [0.05, 0.1) is 16.6 Å². The molecule has 1 aliphatic carbocycles. The molecule has 8 heteroatoms. The fraction of sp³-hybridized carbons (Fsp3) is 0.474. The summed E-state index contributed by atoms with van der Waals surface area (Å²) in [5.74, 6) is -0.614. The predicted molar refractivity (Wildman–Crippen MR) is 101 cm³/mol. The standard InChI is InChI=1S/C19H23ClN4O3/c1-2-5-16-22-17(23-24(16)15-7-4-3-6-14(15)20)18(25)21-13-10-8-12(9-11-13)19(26)27/h3-4,6-7,12-13H,2,5,8-11H2,1H3,(H,21,25)(H,26,27). The average molecular weight is 391 g/mol. The Kier molecular flexibility index (Phi) is 6.11. The van der Waals surface area contributed by atoms with Crippen LogP contribution in [0.25, 0.3) is 5.69 Å². The maximum absolute atomic E-state index is 12.6. The zero-order chi connectivity index (χ0) is 19.4. The Hall–Kier alpha value is -2.41. The number of para-hydroxylation sites is 1. The van der Waals surface area contributed by atoms with Crippen LogP contribution in [0, 0.1) is 5.92 Å². The van der Waals surface area contributed by atoms with Gasteiger partial charge in [-0.2, -0.15) is 0 Å². The molecule has 7 nitrogen and oxygen atoms in total. The molecule has 2 aromatic rings. The van der Waals surface area contributed by atoms with Crippen molar-refractivity contribution in [1.29, 1.82) is 0 Å². The zero-order valence-corrected chi connectivity index (χ0v) is 15.9. The van der Waals surface area contributed by atoms with Crippen molar-refractivity contribution >= 4 is 23.5 Å². The van der Waals surface area contributed by atoms with Gasteiger partial charge in [0.1, 0.15) is 5.82 Å². The molecule has 1 saturated carbocycles. The van der Waals surface area contributed by atoms with Gasteiger partial charge in [-0.3, -0.25) is 9.59 Å². The van der Waals surface area contributed by atoms with E-state index in [0.29, 0.717) is 48.6 Å². The number of rotatable bonds is 6. The first kappa shape index (κ1) is 19.4. The normalized spacial score (nSPS) is 19.6. The Morgan fingerprint density at radius 1 is 1.26 bits per heavy atom. The summed E-state index contributed by atoms with van der Waals surface area (Å²) in [4.78, 5) is 28.1. The van der Waals surface area contributed by atoms with Gasteiger partial charge in [0, 0.05) is 12.5 Å². The Balaban J connectivity index is 1.75. The lowest BCUT2D eigenvalue weighted by atomic mass is 9.86. The number of aliphatic carboxylic acids is 1. The van der Waals surface area contributed by atoms with Crippen molar-refractivity contribution in [2.45, 2.75) is 51.5 Å². The zero-order valence-electron chi connectivity index (χ0n) is 15.2. The molecule has 1 aromatic heterocycles. The monoisotopic (exact) mass is 390 g/mol. The lowest BCUT2D eigenvalue weighted by Crippen LogP contribution is -2.39. The van der Waals surface area contributed by atoms with Crippen molar-refractivity contribution in [3.05, 3.63) is 40.9 Å². The van der Waals surface area contributed by atoms with Crippen molar-refractivity contribution in [1.82, 2.24) is 20.1 Å². The number of carbonyl (C=O) groups excluding carboxylic acids is 1. The summed E-state index contributed by atoms with van der Waals surface area (Å²) in [6.07, 6.45) is 3.98. The summed E-state index contributed by atoms with van der Waals surface area (Å²) >= 11 is 6.28. The number of amides is 1. The number of benzene rings is 1. The summed E-state index contributed by atoms with van der Waals surface area (Å²) in [6.45, 7) is 2.03. The number of halogens is 1. The number of carboxylic acid groups (broad SMARTS) is 1. The number of hydrogen-bond acceptors (Lipinski definition) is 4. The first-order valence-corrected chi connectivity index (χ1v) is 9.62. The van der Waals surface area contributed by atoms with Crippen LogP contribution in [-0.4, -0.2) is 37.8 Å². The molecule has 0 bridgehead atoms. The SMILES string of the molecule is CCCc1nc(C(=O)NC2CCC(C(=O)O)CC2)nn1-c1ccccc1Cl. The highest BCUT2D eigenvalue weighted by Crippen LogP contribution is 2.25. The highest BCUT2D eigenvalue weighted by Gasteiger charge is 2.28. The molecule has 3 rings (SSSR count). The summed E-state index contributed by atoms with van der Waals surface area (Å²) < 4.78 is 1.63. The molecular formula is C19H23ClN4O3. The number of nitrogens with zero attached hydrogens (tertiary/aromatic N) is 3. The van der Waals surface area contributed by atoms with Gasteiger partial charge in [0.15, 0.2) is 0 Å². The first-order valence-electron chi connectivity index (χ1n) is 9.24. The van der Waals surface area contributed by atoms with E-state index in [-0.39, 0.29) is 23.7 Å². The predicted octanol–water partition coefficient (Wildman–Crippen LogP) is 3.25. The third-order valence-electron chi connectivity index (χ3n) is 4.84. The molecule has 0 saturated heterocycles. The number of nitrogens with one attached hydrogen (secondary N) is 1. The number of carboxylic acids is 1. The van der Waals surface area contributed by atoms with E-state index in [1.54, 1.807) is 10.7 Å². The minimum atomic E-state index is -0.760. The van der Waals surface area contributed by atoms with Gasteiger partial charge < -0.3 is 10.4 Å². The minimum Gasteiger partial charge on any atom is -0.481 e. The molecule has 0 spiro atoms. The average Bonchev–Trinajstić information content (AvgIpc) is 3.07. The Labute approximate surface area is 162 Å². The quantitative estimate of drug-likeness (QED) is 0.789. The van der Waals surface area contributed by atoms with Gasteiger partial charge in [-0.25, -0.2) is 9.67 Å². The second-order valence-electron chi connectivity index (χ2n) is 6.83. The van der Waals surface area contributed by atoms with Gasteiger partial charge in [-0.15, -0.1) is 5.10 Å². The van der Waals surface area contributed by atoms with Crippen molar-refractivity contribution in [3.63, 3.8) is 0 Å². The van der Waals surface area contributed by atoms with Gasteiger partial charge in [0.2, 0.25) is 5.82 Å². The molecule has 1 aromatic carbocycles. The highest BCUT2D eigenvalue weighted by molar-refractivity contribution is 6.32. The number of carbonyl (C=O) groups is 2. The van der Waals surface area contributed by atoms with E-state index in [1.165, 1.54) is 0 Å². The van der Waals surface area contributed by atoms with Gasteiger partial charge in [-0.1, -0.05) is 30.7 Å². The molecule has 144 valence electrons. The molecule has 1 amide bonds. The van der Waals surface area contributed by atoms with E-state index in [4.69, 9.17) is 16.7 Å². The summed E-state index contributed by atoms with van der Waals surface area (Å²) in [6, 6.07) is 7.26. The number of aromatic nitrogens is 3. The van der Waals surface area contributed by atoms with E-state index in [9.17, 15) is 9.59 Å². The van der Waals surface area contributed by atoms with E-state index >= 15 is 0 Å². The second kappa shape index (κ2) is 8.52. The lowest BCUT2D eigenvalue weighted by Gasteiger charge is -2.26. The van der Waals surface area contributed by atoms with Crippen LogP contribution in [0.15, 0.2) is 24.3 Å². The van der Waals surface area contributed by atoms with Gasteiger partial charge in [0.25, 0.3) is 5.91 Å². The molecule has 2 N–H and O–H groups in total. The fourth-order valence-electron chi connectivity index (χ4n) is 3.38. The Morgan fingerprint density at radius 2 is 1.96 bits per heavy atom. The summed E-state index contributed by atoms with van der Waals surface area (Å²) in [5, 5.41) is 16.9. The van der Waals surface area contributed by atoms with Crippen LogP contribution < -0.4 is 5.32 Å².